The summed E-state index contributed by atoms with van der Waals surface area (Å²) in [6.07, 6.45) is 0.646. The Labute approximate surface area is 159 Å². The second kappa shape index (κ2) is 7.78. The van der Waals surface area contributed by atoms with Crippen LogP contribution in [0.2, 0.25) is 0 Å². The van der Waals surface area contributed by atoms with Gasteiger partial charge < -0.3 is 24.3 Å². The van der Waals surface area contributed by atoms with Crippen LogP contribution in [0.5, 0.6) is 23.0 Å². The maximum Gasteiger partial charge on any atom is 0.258 e. The van der Waals surface area contributed by atoms with Gasteiger partial charge in [-0.05, 0) is 44.2 Å². The van der Waals surface area contributed by atoms with Crippen LogP contribution in [-0.4, -0.2) is 32.3 Å². The van der Waals surface area contributed by atoms with Crippen LogP contribution in [0.4, 0.5) is 0 Å². The summed E-state index contributed by atoms with van der Waals surface area (Å²) >= 11 is 0. The standard InChI is InChI=1S/C21H25NO5/c1-21(2)12-16(15-11-14(24-3)9-10-17(15)27-21)22-20(23)13-26-19-8-6-5-7-18(19)25-4/h5-11,16H,12-13H2,1-4H3,(H,22,23). The first-order chi connectivity index (χ1) is 12.9. The van der Waals surface area contributed by atoms with Crippen LogP contribution < -0.4 is 24.3 Å². The van der Waals surface area contributed by atoms with Crippen LogP contribution >= 0.6 is 0 Å². The lowest BCUT2D eigenvalue weighted by Crippen LogP contribution is -2.42. The topological polar surface area (TPSA) is 66.0 Å². The Morgan fingerprint density at radius 1 is 1.15 bits per heavy atom. The van der Waals surface area contributed by atoms with E-state index in [1.165, 1.54) is 0 Å². The van der Waals surface area contributed by atoms with Crippen molar-refractivity contribution in [2.75, 3.05) is 20.8 Å². The third-order valence-electron chi connectivity index (χ3n) is 4.44. The lowest BCUT2D eigenvalue weighted by molar-refractivity contribution is -0.124. The average molecular weight is 371 g/mol. The van der Waals surface area contributed by atoms with Crippen molar-refractivity contribution in [2.45, 2.75) is 31.9 Å². The molecule has 3 rings (SSSR count). The van der Waals surface area contributed by atoms with Crippen LogP contribution in [-0.2, 0) is 4.79 Å². The summed E-state index contributed by atoms with van der Waals surface area (Å²) in [5.41, 5.74) is 0.516. The van der Waals surface area contributed by atoms with E-state index < -0.39 is 0 Å². The summed E-state index contributed by atoms with van der Waals surface area (Å²) in [4.78, 5) is 12.5. The molecular weight excluding hydrogens is 346 g/mol. The molecule has 1 atom stereocenters. The highest BCUT2D eigenvalue weighted by Crippen LogP contribution is 2.41. The van der Waals surface area contributed by atoms with Crippen LogP contribution in [0.3, 0.4) is 0 Å². The van der Waals surface area contributed by atoms with E-state index in [9.17, 15) is 4.79 Å². The third kappa shape index (κ3) is 4.45. The molecule has 1 amide bonds. The molecular formula is C21H25NO5. The molecule has 0 saturated carbocycles. The summed E-state index contributed by atoms with van der Waals surface area (Å²) in [6.45, 7) is 3.91. The van der Waals surface area contributed by atoms with E-state index in [0.717, 1.165) is 17.1 Å². The number of hydrogen-bond acceptors (Lipinski definition) is 5. The molecule has 144 valence electrons. The zero-order chi connectivity index (χ0) is 19.4. The molecule has 1 aliphatic heterocycles. The molecule has 0 aliphatic carbocycles. The molecule has 0 fully saturated rings. The van der Waals surface area contributed by atoms with E-state index in [1.54, 1.807) is 26.4 Å². The zero-order valence-corrected chi connectivity index (χ0v) is 16.1. The number of nitrogens with one attached hydrogen (secondary N) is 1. The quantitative estimate of drug-likeness (QED) is 0.842. The predicted octanol–water partition coefficient (Wildman–Crippen LogP) is 3.50. The number of amides is 1. The van der Waals surface area contributed by atoms with Crippen molar-refractivity contribution in [3.8, 4) is 23.0 Å². The van der Waals surface area contributed by atoms with Crippen LogP contribution in [0, 0.1) is 0 Å². The van der Waals surface area contributed by atoms with Crippen LogP contribution in [0.1, 0.15) is 31.9 Å². The highest BCUT2D eigenvalue weighted by atomic mass is 16.5. The summed E-state index contributed by atoms with van der Waals surface area (Å²) < 4.78 is 22.2. The summed E-state index contributed by atoms with van der Waals surface area (Å²) in [6, 6.07) is 12.7. The number of para-hydroxylation sites is 2. The average Bonchev–Trinajstić information content (AvgIpc) is 2.65. The Morgan fingerprint density at radius 3 is 2.59 bits per heavy atom. The molecule has 0 saturated heterocycles. The molecule has 1 N–H and O–H groups in total. The highest BCUT2D eigenvalue weighted by Gasteiger charge is 2.34. The van der Waals surface area contributed by atoms with E-state index in [-0.39, 0.29) is 24.2 Å². The van der Waals surface area contributed by atoms with Gasteiger partial charge in [-0.25, -0.2) is 0 Å². The van der Waals surface area contributed by atoms with Gasteiger partial charge in [0.1, 0.15) is 17.1 Å². The molecule has 27 heavy (non-hydrogen) atoms. The zero-order valence-electron chi connectivity index (χ0n) is 16.1. The van der Waals surface area contributed by atoms with E-state index in [0.29, 0.717) is 17.9 Å². The monoisotopic (exact) mass is 371 g/mol. The number of fused-ring (bicyclic) bond motifs is 1. The van der Waals surface area contributed by atoms with Crippen molar-refractivity contribution in [3.05, 3.63) is 48.0 Å². The Bertz CT molecular complexity index is 818. The first kappa shape index (κ1) is 18.9. The van der Waals surface area contributed by atoms with E-state index in [4.69, 9.17) is 18.9 Å². The minimum absolute atomic E-state index is 0.0997. The van der Waals surface area contributed by atoms with Crippen molar-refractivity contribution in [3.63, 3.8) is 0 Å². The largest absolute Gasteiger partial charge is 0.497 e. The van der Waals surface area contributed by atoms with Crippen molar-refractivity contribution < 1.29 is 23.7 Å². The van der Waals surface area contributed by atoms with E-state index in [2.05, 4.69) is 5.32 Å². The molecule has 0 radical (unpaired) electrons. The molecule has 0 bridgehead atoms. The van der Waals surface area contributed by atoms with Gasteiger partial charge in [0, 0.05) is 12.0 Å². The van der Waals surface area contributed by atoms with Crippen molar-refractivity contribution in [1.29, 1.82) is 0 Å². The maximum atomic E-state index is 12.5. The van der Waals surface area contributed by atoms with Gasteiger partial charge >= 0.3 is 0 Å². The lowest BCUT2D eigenvalue weighted by Gasteiger charge is -2.38. The van der Waals surface area contributed by atoms with Gasteiger partial charge in [0.25, 0.3) is 5.91 Å². The summed E-state index contributed by atoms with van der Waals surface area (Å²) in [5.74, 6) is 2.39. The number of methoxy groups -OCH3 is 2. The number of ether oxygens (including phenoxy) is 4. The second-order valence-corrected chi connectivity index (χ2v) is 7.03. The second-order valence-electron chi connectivity index (χ2n) is 7.03. The van der Waals surface area contributed by atoms with Crippen molar-refractivity contribution in [2.24, 2.45) is 0 Å². The Morgan fingerprint density at radius 2 is 1.89 bits per heavy atom. The van der Waals surface area contributed by atoms with Gasteiger partial charge in [0.2, 0.25) is 0 Å². The molecule has 0 spiro atoms. The SMILES string of the molecule is COc1ccc2c(c1)C(NC(=O)COc1ccccc1OC)CC(C)(C)O2. The van der Waals surface area contributed by atoms with E-state index >= 15 is 0 Å². The van der Waals surface area contributed by atoms with Gasteiger partial charge in [-0.2, -0.15) is 0 Å². The number of carbonyl (C=O) groups excluding carboxylic acids is 1. The Hall–Kier alpha value is -2.89. The van der Waals surface area contributed by atoms with E-state index in [1.807, 2.05) is 44.2 Å². The Balaban J connectivity index is 1.71. The minimum atomic E-state index is -0.386. The van der Waals surface area contributed by atoms with Gasteiger partial charge in [-0.3, -0.25) is 4.79 Å². The predicted molar refractivity (Wildman–Crippen MR) is 102 cm³/mol. The third-order valence-corrected chi connectivity index (χ3v) is 4.44. The van der Waals surface area contributed by atoms with Crippen LogP contribution in [0.25, 0.3) is 0 Å². The van der Waals surface area contributed by atoms with Crippen LogP contribution in [0.15, 0.2) is 42.5 Å². The molecule has 2 aromatic carbocycles. The first-order valence-electron chi connectivity index (χ1n) is 8.84. The maximum absolute atomic E-state index is 12.5. The molecule has 2 aromatic rings. The number of carbonyl (C=O) groups is 1. The Kier molecular flexibility index (Phi) is 5.44. The van der Waals surface area contributed by atoms with Crippen molar-refractivity contribution in [1.82, 2.24) is 5.32 Å². The normalized spacial score (nSPS) is 17.3. The lowest BCUT2D eigenvalue weighted by atomic mass is 9.89. The first-order valence-corrected chi connectivity index (χ1v) is 8.84. The van der Waals surface area contributed by atoms with Gasteiger partial charge in [-0.15, -0.1) is 0 Å². The van der Waals surface area contributed by atoms with Crippen molar-refractivity contribution >= 4 is 5.91 Å². The number of rotatable bonds is 6. The molecule has 1 unspecified atom stereocenters. The highest BCUT2D eigenvalue weighted by molar-refractivity contribution is 5.78. The van der Waals surface area contributed by atoms with Gasteiger partial charge in [-0.1, -0.05) is 12.1 Å². The number of hydrogen-bond donors (Lipinski definition) is 1. The molecule has 0 aromatic heterocycles. The molecule has 1 heterocycles. The summed E-state index contributed by atoms with van der Waals surface area (Å²) in [5, 5.41) is 3.05. The van der Waals surface area contributed by atoms with Gasteiger partial charge in [0.05, 0.1) is 20.3 Å². The minimum Gasteiger partial charge on any atom is -0.497 e. The molecule has 6 heteroatoms. The molecule has 1 aliphatic rings. The fraction of sp³-hybridized carbons (Fsp3) is 0.381. The fourth-order valence-electron chi connectivity index (χ4n) is 3.21. The smallest absolute Gasteiger partial charge is 0.258 e. The molecule has 6 nitrogen and oxygen atoms in total. The fourth-order valence-corrected chi connectivity index (χ4v) is 3.21. The van der Waals surface area contributed by atoms with Gasteiger partial charge in [0.15, 0.2) is 18.1 Å². The number of benzene rings is 2. The summed E-state index contributed by atoms with van der Waals surface area (Å²) in [7, 11) is 3.18.